The van der Waals surface area contributed by atoms with Gasteiger partial charge in [0.25, 0.3) is 0 Å². The third kappa shape index (κ3) is 3.90. The van der Waals surface area contributed by atoms with E-state index >= 15 is 0 Å². The van der Waals surface area contributed by atoms with Gasteiger partial charge < -0.3 is 14.4 Å². The number of aliphatic carboxylic acids is 1. The van der Waals surface area contributed by atoms with Crippen LogP contribution < -0.4 is 4.74 Å². The highest BCUT2D eigenvalue weighted by atomic mass is 16.5. The summed E-state index contributed by atoms with van der Waals surface area (Å²) in [5, 5.41) is 13.3. The van der Waals surface area contributed by atoms with Crippen LogP contribution in [0.4, 0.5) is 0 Å². The largest absolute Gasteiger partial charge is 0.491 e. The van der Waals surface area contributed by atoms with Crippen molar-refractivity contribution in [3.8, 4) is 28.3 Å². The first-order valence-corrected chi connectivity index (χ1v) is 10.0. The molecule has 0 unspecified atom stereocenters. The highest BCUT2D eigenvalue weighted by Crippen LogP contribution is 2.39. The lowest BCUT2D eigenvalue weighted by Gasteiger charge is -2.17. The van der Waals surface area contributed by atoms with Crippen LogP contribution in [-0.2, 0) is 24.1 Å². The Morgan fingerprint density at radius 2 is 2.03 bits per heavy atom. The summed E-state index contributed by atoms with van der Waals surface area (Å²) in [7, 11) is 0. The van der Waals surface area contributed by atoms with Gasteiger partial charge in [0.2, 0.25) is 0 Å². The molecule has 1 aliphatic rings. The fourth-order valence-electron chi connectivity index (χ4n) is 3.91. The van der Waals surface area contributed by atoms with E-state index in [1.54, 1.807) is 0 Å². The lowest BCUT2D eigenvalue weighted by Crippen LogP contribution is -2.07. The SMILES string of the molecule is Cc1cc(-c2onc3c2CCc2cc(CCC(=O)O)ccc2-3)ccc1OC(C)C. The molecule has 0 saturated carbocycles. The van der Waals surface area contributed by atoms with Gasteiger partial charge >= 0.3 is 5.97 Å². The number of rotatable bonds is 6. The Balaban J connectivity index is 1.64. The lowest BCUT2D eigenvalue weighted by molar-refractivity contribution is -0.136. The number of ether oxygens (including phenoxy) is 1. The predicted octanol–water partition coefficient (Wildman–Crippen LogP) is 5.22. The molecule has 1 aromatic heterocycles. The lowest BCUT2D eigenvalue weighted by atomic mass is 9.86. The van der Waals surface area contributed by atoms with Crippen LogP contribution in [0, 0.1) is 6.92 Å². The van der Waals surface area contributed by atoms with Gasteiger partial charge in [-0.1, -0.05) is 23.4 Å². The van der Waals surface area contributed by atoms with E-state index in [1.165, 1.54) is 5.56 Å². The standard InChI is InChI=1S/C24H25NO4/c1-14(2)28-21-10-7-18(12-15(21)3)24-20-9-6-17-13-16(5-11-22(26)27)4-8-19(17)23(20)25-29-24/h4,7-8,10,12-14H,5-6,9,11H2,1-3H3,(H,26,27). The van der Waals surface area contributed by atoms with E-state index in [4.69, 9.17) is 14.4 Å². The fraction of sp³-hybridized carbons (Fsp3) is 0.333. The maximum Gasteiger partial charge on any atom is 0.303 e. The van der Waals surface area contributed by atoms with E-state index in [1.807, 2.05) is 45.0 Å². The number of nitrogens with zero attached hydrogens (tertiary/aromatic N) is 1. The monoisotopic (exact) mass is 391 g/mol. The van der Waals surface area contributed by atoms with Gasteiger partial charge in [-0.15, -0.1) is 0 Å². The van der Waals surface area contributed by atoms with E-state index in [9.17, 15) is 4.79 Å². The van der Waals surface area contributed by atoms with Crippen molar-refractivity contribution in [1.29, 1.82) is 0 Å². The summed E-state index contributed by atoms with van der Waals surface area (Å²) >= 11 is 0. The van der Waals surface area contributed by atoms with Gasteiger partial charge in [0.05, 0.1) is 6.10 Å². The number of hydrogen-bond acceptors (Lipinski definition) is 4. The van der Waals surface area contributed by atoms with Crippen LogP contribution in [0.1, 0.15) is 42.5 Å². The number of aryl methyl sites for hydroxylation is 3. The molecule has 3 aromatic rings. The van der Waals surface area contributed by atoms with Gasteiger partial charge in [-0.3, -0.25) is 4.79 Å². The van der Waals surface area contributed by atoms with E-state index in [0.29, 0.717) is 6.42 Å². The molecule has 0 aliphatic heterocycles. The molecule has 0 bridgehead atoms. The minimum atomic E-state index is -0.772. The second-order valence-corrected chi connectivity index (χ2v) is 7.87. The third-order valence-electron chi connectivity index (χ3n) is 5.28. The minimum Gasteiger partial charge on any atom is -0.491 e. The average molecular weight is 391 g/mol. The summed E-state index contributed by atoms with van der Waals surface area (Å²) in [6.07, 6.45) is 2.57. The number of aromatic nitrogens is 1. The molecule has 0 spiro atoms. The Kier molecular flexibility index (Phi) is 5.14. The minimum absolute atomic E-state index is 0.134. The summed E-state index contributed by atoms with van der Waals surface area (Å²) < 4.78 is 11.6. The first kappa shape index (κ1) is 19.2. The van der Waals surface area contributed by atoms with Crippen LogP contribution in [0.25, 0.3) is 22.6 Å². The van der Waals surface area contributed by atoms with E-state index in [-0.39, 0.29) is 12.5 Å². The van der Waals surface area contributed by atoms with Gasteiger partial charge in [0.1, 0.15) is 11.4 Å². The molecule has 1 heterocycles. The molecule has 4 rings (SSSR count). The normalized spacial score (nSPS) is 12.6. The van der Waals surface area contributed by atoms with Crippen molar-refractivity contribution in [2.45, 2.75) is 52.6 Å². The molecule has 1 aliphatic carbocycles. The first-order chi connectivity index (χ1) is 13.9. The topological polar surface area (TPSA) is 72.6 Å². The van der Waals surface area contributed by atoms with Crippen LogP contribution >= 0.6 is 0 Å². The van der Waals surface area contributed by atoms with Crippen molar-refractivity contribution >= 4 is 5.97 Å². The van der Waals surface area contributed by atoms with E-state index in [0.717, 1.165) is 57.9 Å². The third-order valence-corrected chi connectivity index (χ3v) is 5.28. The summed E-state index contributed by atoms with van der Waals surface area (Å²) in [5.74, 6) is 0.933. The first-order valence-electron chi connectivity index (χ1n) is 10.0. The van der Waals surface area contributed by atoms with Gasteiger partial charge in [-0.25, -0.2) is 0 Å². The maximum absolute atomic E-state index is 10.8. The Bertz CT molecular complexity index is 1060. The van der Waals surface area contributed by atoms with Crippen molar-refractivity contribution in [3.63, 3.8) is 0 Å². The van der Waals surface area contributed by atoms with Crippen LogP contribution in [0.5, 0.6) is 5.75 Å². The molecule has 2 aromatic carbocycles. The van der Waals surface area contributed by atoms with Gasteiger partial charge in [0, 0.05) is 23.1 Å². The quantitative estimate of drug-likeness (QED) is 0.624. The van der Waals surface area contributed by atoms with Crippen molar-refractivity contribution in [3.05, 3.63) is 58.7 Å². The Labute approximate surface area is 170 Å². The smallest absolute Gasteiger partial charge is 0.303 e. The Hall–Kier alpha value is -3.08. The highest BCUT2D eigenvalue weighted by Gasteiger charge is 2.25. The Morgan fingerprint density at radius 1 is 1.21 bits per heavy atom. The van der Waals surface area contributed by atoms with Crippen LogP contribution in [-0.4, -0.2) is 22.3 Å². The van der Waals surface area contributed by atoms with Gasteiger partial charge in [-0.05, 0) is 74.9 Å². The highest BCUT2D eigenvalue weighted by molar-refractivity contribution is 5.77. The summed E-state index contributed by atoms with van der Waals surface area (Å²) in [5.41, 5.74) is 7.44. The van der Waals surface area contributed by atoms with Crippen molar-refractivity contribution in [2.75, 3.05) is 0 Å². The van der Waals surface area contributed by atoms with Crippen molar-refractivity contribution in [2.24, 2.45) is 0 Å². The fourth-order valence-corrected chi connectivity index (χ4v) is 3.91. The molecule has 0 amide bonds. The zero-order valence-electron chi connectivity index (χ0n) is 17.0. The maximum atomic E-state index is 10.8. The number of carboxylic acid groups (broad SMARTS) is 1. The average Bonchev–Trinajstić information content (AvgIpc) is 3.12. The summed E-state index contributed by atoms with van der Waals surface area (Å²) in [6, 6.07) is 12.2. The van der Waals surface area contributed by atoms with E-state index in [2.05, 4.69) is 17.3 Å². The molecule has 0 atom stereocenters. The zero-order chi connectivity index (χ0) is 20.5. The Morgan fingerprint density at radius 3 is 2.76 bits per heavy atom. The number of fused-ring (bicyclic) bond motifs is 3. The van der Waals surface area contributed by atoms with Crippen LogP contribution in [0.15, 0.2) is 40.9 Å². The summed E-state index contributed by atoms with van der Waals surface area (Å²) in [6.45, 7) is 6.08. The molecular weight excluding hydrogens is 366 g/mol. The van der Waals surface area contributed by atoms with Crippen molar-refractivity contribution in [1.82, 2.24) is 5.16 Å². The van der Waals surface area contributed by atoms with Crippen LogP contribution in [0.2, 0.25) is 0 Å². The molecule has 5 heteroatoms. The molecule has 150 valence electrons. The molecule has 0 saturated heterocycles. The van der Waals surface area contributed by atoms with Crippen LogP contribution in [0.3, 0.4) is 0 Å². The molecular formula is C24H25NO4. The second-order valence-electron chi connectivity index (χ2n) is 7.87. The number of hydrogen-bond donors (Lipinski definition) is 1. The molecule has 5 nitrogen and oxygen atoms in total. The number of benzene rings is 2. The van der Waals surface area contributed by atoms with Gasteiger partial charge in [-0.2, -0.15) is 0 Å². The predicted molar refractivity (Wildman–Crippen MR) is 111 cm³/mol. The van der Waals surface area contributed by atoms with E-state index < -0.39 is 5.97 Å². The molecule has 1 N–H and O–H groups in total. The molecule has 0 radical (unpaired) electrons. The van der Waals surface area contributed by atoms with Gasteiger partial charge in [0.15, 0.2) is 5.76 Å². The van der Waals surface area contributed by atoms with Crippen molar-refractivity contribution < 1.29 is 19.2 Å². The second kappa shape index (κ2) is 7.74. The number of carboxylic acids is 1. The summed E-state index contributed by atoms with van der Waals surface area (Å²) in [4.78, 5) is 10.8. The molecule has 29 heavy (non-hydrogen) atoms. The molecule has 0 fully saturated rings. The zero-order valence-corrected chi connectivity index (χ0v) is 17.0. The number of carbonyl (C=O) groups is 1.